The Morgan fingerprint density at radius 3 is 2.38 bits per heavy atom. The first kappa shape index (κ1) is 13.8. The molecule has 1 saturated carbocycles. The van der Waals surface area contributed by atoms with Crippen molar-refractivity contribution in [3.8, 4) is 0 Å². The summed E-state index contributed by atoms with van der Waals surface area (Å²) in [5, 5.41) is 2.93. The zero-order valence-corrected chi connectivity index (χ0v) is 11.0. The van der Waals surface area contributed by atoms with Gasteiger partial charge in [-0.1, -0.05) is 0 Å². The highest BCUT2D eigenvalue weighted by Gasteiger charge is 2.20. The van der Waals surface area contributed by atoms with Crippen LogP contribution in [0, 0.1) is 5.92 Å². The van der Waals surface area contributed by atoms with Crippen LogP contribution in [0.15, 0.2) is 0 Å². The summed E-state index contributed by atoms with van der Waals surface area (Å²) in [5.41, 5.74) is 0. The van der Waals surface area contributed by atoms with Crippen LogP contribution in [0.3, 0.4) is 0 Å². The maximum atomic E-state index is 11.2. The molecule has 0 unspecified atom stereocenters. The Labute approximate surface area is 102 Å². The van der Waals surface area contributed by atoms with Gasteiger partial charge in [0.05, 0.1) is 0 Å². The summed E-state index contributed by atoms with van der Waals surface area (Å²) in [6.07, 6.45) is 5.04. The van der Waals surface area contributed by atoms with Gasteiger partial charge in [0.1, 0.15) is 5.75 Å². The third-order valence-corrected chi connectivity index (χ3v) is 3.98. The Hall–Kier alpha value is -0.290. The predicted octanol–water partition coefficient (Wildman–Crippen LogP) is 0.945. The van der Waals surface area contributed by atoms with Crippen molar-refractivity contribution in [2.45, 2.75) is 31.1 Å². The first-order valence-electron chi connectivity index (χ1n) is 5.45. The van der Waals surface area contributed by atoms with Gasteiger partial charge in [0, 0.05) is 18.2 Å². The number of nitrogens with one attached hydrogen (secondary N) is 1. The lowest BCUT2D eigenvalue weighted by Gasteiger charge is -2.24. The highest BCUT2D eigenvalue weighted by Crippen LogP contribution is 2.26. The van der Waals surface area contributed by atoms with Crippen LogP contribution in [0.2, 0.25) is 0 Å². The molecule has 0 atom stereocenters. The molecule has 94 valence electrons. The molecule has 1 fully saturated rings. The number of rotatable bonds is 4. The SMILES string of the molecule is CS(=O)(=O)CC(=O)NCC1CCC(Cl)CC1. The van der Waals surface area contributed by atoms with Crippen molar-refractivity contribution in [3.05, 3.63) is 0 Å². The van der Waals surface area contributed by atoms with Gasteiger partial charge in [0.25, 0.3) is 0 Å². The average molecular weight is 268 g/mol. The van der Waals surface area contributed by atoms with Crippen LogP contribution in [0.5, 0.6) is 0 Å². The van der Waals surface area contributed by atoms with Gasteiger partial charge < -0.3 is 5.32 Å². The zero-order valence-electron chi connectivity index (χ0n) is 9.41. The molecular weight excluding hydrogens is 250 g/mol. The van der Waals surface area contributed by atoms with Gasteiger partial charge in [-0.15, -0.1) is 11.6 Å². The van der Waals surface area contributed by atoms with Crippen LogP contribution in [0.4, 0.5) is 0 Å². The van der Waals surface area contributed by atoms with Gasteiger partial charge in [-0.05, 0) is 31.6 Å². The van der Waals surface area contributed by atoms with Crippen LogP contribution in [0.25, 0.3) is 0 Å². The number of carbonyl (C=O) groups excluding carboxylic acids is 1. The van der Waals surface area contributed by atoms with Crippen LogP contribution in [0.1, 0.15) is 25.7 Å². The highest BCUT2D eigenvalue weighted by molar-refractivity contribution is 7.91. The van der Waals surface area contributed by atoms with Gasteiger partial charge in [0.2, 0.25) is 5.91 Å². The van der Waals surface area contributed by atoms with Crippen molar-refractivity contribution in [2.75, 3.05) is 18.6 Å². The maximum Gasteiger partial charge on any atom is 0.235 e. The molecule has 1 aliphatic rings. The maximum absolute atomic E-state index is 11.2. The van der Waals surface area contributed by atoms with Crippen molar-refractivity contribution in [1.29, 1.82) is 0 Å². The molecular formula is C10H18ClNO3S. The third kappa shape index (κ3) is 5.70. The van der Waals surface area contributed by atoms with E-state index in [4.69, 9.17) is 11.6 Å². The fourth-order valence-corrected chi connectivity index (χ4v) is 2.70. The fourth-order valence-electron chi connectivity index (χ4n) is 1.87. The molecule has 1 N–H and O–H groups in total. The fraction of sp³-hybridized carbons (Fsp3) is 0.900. The van der Waals surface area contributed by atoms with Crippen LogP contribution < -0.4 is 5.32 Å². The van der Waals surface area contributed by atoms with Gasteiger partial charge in [0.15, 0.2) is 9.84 Å². The molecule has 0 bridgehead atoms. The summed E-state index contributed by atoms with van der Waals surface area (Å²) < 4.78 is 21.7. The second-order valence-corrected chi connectivity index (χ2v) is 7.25. The standard InChI is InChI=1S/C10H18ClNO3S/c1-16(14,15)7-10(13)12-6-8-2-4-9(11)5-3-8/h8-9H,2-7H2,1H3,(H,12,13). The molecule has 0 aromatic rings. The van der Waals surface area contributed by atoms with Crippen molar-refractivity contribution < 1.29 is 13.2 Å². The highest BCUT2D eigenvalue weighted by atomic mass is 35.5. The van der Waals surface area contributed by atoms with E-state index in [2.05, 4.69) is 5.32 Å². The Balaban J connectivity index is 2.22. The Kier molecular flexibility index (Phi) is 5.05. The van der Waals surface area contributed by atoms with E-state index in [1.165, 1.54) is 0 Å². The summed E-state index contributed by atoms with van der Waals surface area (Å²) in [5.74, 6) is -0.383. The van der Waals surface area contributed by atoms with Gasteiger partial charge in [-0.3, -0.25) is 4.79 Å². The molecule has 16 heavy (non-hydrogen) atoms. The first-order valence-corrected chi connectivity index (χ1v) is 7.95. The quantitative estimate of drug-likeness (QED) is 0.772. The smallest absolute Gasteiger partial charge is 0.235 e. The number of amides is 1. The second kappa shape index (κ2) is 5.87. The number of carbonyl (C=O) groups is 1. The molecule has 0 aromatic carbocycles. The van der Waals surface area contributed by atoms with Crippen molar-refractivity contribution in [2.24, 2.45) is 5.92 Å². The average Bonchev–Trinajstić information content (AvgIpc) is 2.14. The van der Waals surface area contributed by atoms with Crippen molar-refractivity contribution in [1.82, 2.24) is 5.32 Å². The van der Waals surface area contributed by atoms with E-state index < -0.39 is 21.5 Å². The molecule has 0 aliphatic heterocycles. The molecule has 0 spiro atoms. The molecule has 0 saturated heterocycles. The Bertz CT molecular complexity index is 334. The summed E-state index contributed by atoms with van der Waals surface area (Å²) >= 11 is 5.97. The third-order valence-electron chi connectivity index (χ3n) is 2.76. The van der Waals surface area contributed by atoms with Crippen molar-refractivity contribution in [3.63, 3.8) is 0 Å². The number of halogens is 1. The van der Waals surface area contributed by atoms with Crippen LogP contribution >= 0.6 is 11.6 Å². The van der Waals surface area contributed by atoms with E-state index in [9.17, 15) is 13.2 Å². The molecule has 1 amide bonds. The lowest BCUT2D eigenvalue weighted by atomic mass is 9.89. The molecule has 0 radical (unpaired) electrons. The zero-order chi connectivity index (χ0) is 12.2. The minimum absolute atomic E-state index is 0.267. The molecule has 1 rings (SSSR count). The van der Waals surface area contributed by atoms with Gasteiger partial charge in [-0.25, -0.2) is 8.42 Å². The Morgan fingerprint density at radius 2 is 1.88 bits per heavy atom. The molecule has 6 heteroatoms. The lowest BCUT2D eigenvalue weighted by Crippen LogP contribution is -2.35. The normalized spacial score (nSPS) is 26.4. The second-order valence-electron chi connectivity index (χ2n) is 4.49. The topological polar surface area (TPSA) is 63.2 Å². The summed E-state index contributed by atoms with van der Waals surface area (Å²) in [6.45, 7) is 0.567. The van der Waals surface area contributed by atoms with E-state index in [0.29, 0.717) is 12.5 Å². The van der Waals surface area contributed by atoms with Gasteiger partial charge >= 0.3 is 0 Å². The number of sulfone groups is 1. The molecule has 0 aromatic heterocycles. The molecule has 4 nitrogen and oxygen atoms in total. The number of alkyl halides is 1. The summed E-state index contributed by atoms with van der Waals surface area (Å²) in [6, 6.07) is 0. The molecule has 0 heterocycles. The van der Waals surface area contributed by atoms with Gasteiger partial charge in [-0.2, -0.15) is 0 Å². The summed E-state index contributed by atoms with van der Waals surface area (Å²) in [7, 11) is -3.22. The van der Waals surface area contributed by atoms with Crippen LogP contribution in [-0.2, 0) is 14.6 Å². The molecule has 1 aliphatic carbocycles. The largest absolute Gasteiger partial charge is 0.355 e. The number of hydrogen-bond donors (Lipinski definition) is 1. The first-order chi connectivity index (χ1) is 7.37. The number of hydrogen-bond acceptors (Lipinski definition) is 3. The van der Waals surface area contributed by atoms with E-state index in [0.717, 1.165) is 31.9 Å². The van der Waals surface area contributed by atoms with Crippen LogP contribution in [-0.4, -0.2) is 38.3 Å². The van der Waals surface area contributed by atoms with E-state index in [1.807, 2.05) is 0 Å². The monoisotopic (exact) mass is 267 g/mol. The Morgan fingerprint density at radius 1 is 1.31 bits per heavy atom. The van der Waals surface area contributed by atoms with E-state index in [1.54, 1.807) is 0 Å². The minimum atomic E-state index is -3.22. The van der Waals surface area contributed by atoms with E-state index in [-0.39, 0.29) is 5.38 Å². The predicted molar refractivity (Wildman–Crippen MR) is 64.3 cm³/mol. The van der Waals surface area contributed by atoms with Crippen molar-refractivity contribution >= 4 is 27.3 Å². The van der Waals surface area contributed by atoms with E-state index >= 15 is 0 Å². The summed E-state index contributed by atoms with van der Waals surface area (Å²) in [4.78, 5) is 11.2. The lowest BCUT2D eigenvalue weighted by molar-refractivity contribution is -0.118. The minimum Gasteiger partial charge on any atom is -0.355 e.